The van der Waals surface area contributed by atoms with Gasteiger partial charge in [0.05, 0.1) is 0 Å². The Morgan fingerprint density at radius 3 is 1.00 bits per heavy atom. The molecule has 0 unspecified atom stereocenters. The van der Waals surface area contributed by atoms with Gasteiger partial charge in [0.25, 0.3) is 0 Å². The maximum atomic E-state index is 7.00. The second-order valence-electron chi connectivity index (χ2n) is 0.0639. The van der Waals surface area contributed by atoms with E-state index < -0.39 is 0 Å². The molecule has 0 saturated heterocycles. The molecule has 0 saturated carbocycles. The summed E-state index contributed by atoms with van der Waals surface area (Å²) in [5, 5.41) is 14.0. The number of rotatable bonds is 0. The second kappa shape index (κ2) is 60.4. The van der Waals surface area contributed by atoms with Crippen molar-refractivity contribution in [2.75, 3.05) is 14.2 Å². The van der Waals surface area contributed by atoms with E-state index in [4.69, 9.17) is 29.9 Å². The average molecular weight is 186 g/mol. The van der Waals surface area contributed by atoms with Crippen LogP contribution in [0.4, 0.5) is 0 Å². The summed E-state index contributed by atoms with van der Waals surface area (Å²) in [4.78, 5) is 0. The van der Waals surface area contributed by atoms with Crippen molar-refractivity contribution in [3.8, 4) is 0 Å². The van der Waals surface area contributed by atoms with Gasteiger partial charge in [0.15, 0.2) is 0 Å². The van der Waals surface area contributed by atoms with E-state index >= 15 is 0 Å². The quantitative estimate of drug-likeness (QED) is 0.581. The Morgan fingerprint density at radius 2 is 1.00 bits per heavy atom. The fourth-order valence-electron chi connectivity index (χ4n) is 0. The van der Waals surface area contributed by atoms with Gasteiger partial charge < -0.3 is 10.2 Å². The first-order valence-electron chi connectivity index (χ1n) is 1.23. The molecule has 0 radical (unpaired) electrons. The predicted octanol–water partition coefficient (Wildman–Crippen LogP) is 0.593. The minimum atomic E-state index is -0.368. The van der Waals surface area contributed by atoms with Gasteiger partial charge in [0.1, 0.15) is 0 Å². The third kappa shape index (κ3) is 156. The van der Waals surface area contributed by atoms with Gasteiger partial charge in [0.2, 0.25) is 0 Å². The third-order valence-corrected chi connectivity index (χ3v) is 0. The van der Waals surface area contributed by atoms with Crippen molar-refractivity contribution in [2.24, 2.45) is 0 Å². The van der Waals surface area contributed by atoms with Crippen LogP contribution >= 0.6 is 19.7 Å². The molecule has 0 aliphatic rings. The standard InChI is InChI=1S/2CH4O.2ClH.V/c2*1-2;;;/h2*2H,1H3;2*1H;/q;;;;+2/p-2. The second-order valence-corrected chi connectivity index (χ2v) is 2.37. The van der Waals surface area contributed by atoms with Crippen molar-refractivity contribution in [1.82, 2.24) is 0 Å². The summed E-state index contributed by atoms with van der Waals surface area (Å²) in [6, 6.07) is 0. The molecule has 0 aliphatic heterocycles. The van der Waals surface area contributed by atoms with Crippen molar-refractivity contribution in [2.45, 2.75) is 0 Å². The molecular weight excluding hydrogens is 178 g/mol. The summed E-state index contributed by atoms with van der Waals surface area (Å²) in [5.41, 5.74) is 0. The molecule has 47 valence electrons. The van der Waals surface area contributed by atoms with Crippen LogP contribution < -0.4 is 0 Å². The molecule has 0 atom stereocenters. The van der Waals surface area contributed by atoms with Crippen LogP contribution in [0.1, 0.15) is 0 Å². The Labute approximate surface area is 58.7 Å². The monoisotopic (exact) mass is 185 g/mol. The van der Waals surface area contributed by atoms with E-state index in [9.17, 15) is 0 Å². The zero-order chi connectivity index (χ0) is 6.71. The Morgan fingerprint density at radius 1 is 1.00 bits per heavy atom. The SMILES string of the molecule is CO.CO.[Cl][V][Cl]. The molecule has 5 heteroatoms. The molecule has 2 nitrogen and oxygen atoms in total. The molecule has 0 rings (SSSR count). The molecular formula is C2H8Cl2O2V. The molecule has 0 bridgehead atoms. The van der Waals surface area contributed by atoms with Gasteiger partial charge in [-0.1, -0.05) is 0 Å². The summed E-state index contributed by atoms with van der Waals surface area (Å²) >= 11 is -0.368. The Hall–Kier alpha value is 1.08. The fraction of sp³-hybridized carbons (Fsp3) is 1.00. The van der Waals surface area contributed by atoms with Crippen LogP contribution in [0.2, 0.25) is 0 Å². The molecule has 0 aliphatic carbocycles. The van der Waals surface area contributed by atoms with E-state index in [2.05, 4.69) is 0 Å². The number of hydrogen-bond donors (Lipinski definition) is 2. The van der Waals surface area contributed by atoms with Crippen molar-refractivity contribution in [3.63, 3.8) is 0 Å². The first-order valence-corrected chi connectivity index (χ1v) is 5.08. The van der Waals surface area contributed by atoms with Crippen molar-refractivity contribution >= 4 is 19.7 Å². The maximum absolute atomic E-state index is 7.00. The van der Waals surface area contributed by atoms with Gasteiger partial charge in [-0.3, -0.25) is 0 Å². The molecule has 2 N–H and O–H groups in total. The molecule has 0 heterocycles. The molecule has 0 aromatic carbocycles. The van der Waals surface area contributed by atoms with Crippen molar-refractivity contribution in [1.29, 1.82) is 0 Å². The normalized spacial score (nSPS) is 3.71. The van der Waals surface area contributed by atoms with E-state index in [0.29, 0.717) is 0 Å². The van der Waals surface area contributed by atoms with Crippen LogP contribution in [0.15, 0.2) is 0 Å². The number of hydrogen-bond acceptors (Lipinski definition) is 2. The van der Waals surface area contributed by atoms with Gasteiger partial charge in [-0.05, 0) is 0 Å². The van der Waals surface area contributed by atoms with Crippen LogP contribution in [0.25, 0.3) is 0 Å². The van der Waals surface area contributed by atoms with E-state index in [1.165, 1.54) is 0 Å². The Kier molecular flexibility index (Phi) is 135. The van der Waals surface area contributed by atoms with Crippen LogP contribution in [0.3, 0.4) is 0 Å². The topological polar surface area (TPSA) is 40.5 Å². The van der Waals surface area contributed by atoms with Gasteiger partial charge in [-0.2, -0.15) is 0 Å². The van der Waals surface area contributed by atoms with Crippen LogP contribution in [0.5, 0.6) is 0 Å². The van der Waals surface area contributed by atoms with Crippen molar-refractivity contribution < 1.29 is 24.6 Å². The van der Waals surface area contributed by atoms with E-state index in [1.807, 2.05) is 0 Å². The zero-order valence-electron chi connectivity index (χ0n) is 4.10. The molecule has 0 spiro atoms. The van der Waals surface area contributed by atoms with E-state index in [-0.39, 0.29) is 14.4 Å². The predicted molar refractivity (Wildman–Crippen MR) is 28.0 cm³/mol. The summed E-state index contributed by atoms with van der Waals surface area (Å²) in [6.07, 6.45) is 0. The number of aliphatic hydroxyl groups is 2. The number of aliphatic hydroxyl groups excluding tert-OH is 2. The average Bonchev–Trinajstić information content (AvgIpc) is 1.78. The minimum absolute atomic E-state index is 0.368. The molecule has 0 amide bonds. The molecule has 7 heavy (non-hydrogen) atoms. The van der Waals surface area contributed by atoms with Crippen LogP contribution in [0, 0.1) is 0 Å². The summed E-state index contributed by atoms with van der Waals surface area (Å²) in [5.74, 6) is 0. The van der Waals surface area contributed by atoms with E-state index in [0.717, 1.165) is 14.2 Å². The van der Waals surface area contributed by atoms with Gasteiger partial charge >= 0.3 is 34.1 Å². The zero-order valence-corrected chi connectivity index (χ0v) is 7.01. The number of halogens is 2. The molecule has 0 aromatic heterocycles. The Bertz CT molecular complexity index is 13.7. The first-order chi connectivity index (χ1) is 3.41. The molecule has 0 fully saturated rings. The fourth-order valence-corrected chi connectivity index (χ4v) is 0. The summed E-state index contributed by atoms with van der Waals surface area (Å²) in [6.45, 7) is 0. The molecule has 0 aromatic rings. The van der Waals surface area contributed by atoms with Crippen LogP contribution in [-0.2, 0) is 14.4 Å². The van der Waals surface area contributed by atoms with E-state index in [1.54, 1.807) is 0 Å². The van der Waals surface area contributed by atoms with Crippen molar-refractivity contribution in [3.05, 3.63) is 0 Å². The van der Waals surface area contributed by atoms with Gasteiger partial charge in [-0.15, -0.1) is 0 Å². The van der Waals surface area contributed by atoms with Gasteiger partial charge in [0, 0.05) is 14.2 Å². The third-order valence-electron chi connectivity index (χ3n) is 0. The Balaban J connectivity index is -0.0000000360. The summed E-state index contributed by atoms with van der Waals surface area (Å²) < 4.78 is 0. The van der Waals surface area contributed by atoms with Crippen LogP contribution in [-0.4, -0.2) is 24.4 Å². The van der Waals surface area contributed by atoms with Gasteiger partial charge in [-0.25, -0.2) is 0 Å². The summed E-state index contributed by atoms with van der Waals surface area (Å²) in [7, 11) is 11.7. The first kappa shape index (κ1) is 15.7.